The minimum Gasteiger partial charge on any atom is -0.465 e. The number of rotatable bonds is 5. The minimum atomic E-state index is -0.172. The molecule has 0 bridgehead atoms. The molecule has 2 saturated carbocycles. The number of allylic oxidation sites excluding steroid dienone is 3. The summed E-state index contributed by atoms with van der Waals surface area (Å²) in [4.78, 5) is 0. The van der Waals surface area contributed by atoms with Crippen LogP contribution in [0.25, 0.3) is 0 Å². The smallest absolute Gasteiger partial charge is 0.199 e. The first-order valence-electron chi connectivity index (χ1n) is 14.3. The van der Waals surface area contributed by atoms with Crippen LogP contribution < -0.4 is 0 Å². The first kappa shape index (κ1) is 25.5. The van der Waals surface area contributed by atoms with Gasteiger partial charge in [0, 0.05) is 25.6 Å². The summed E-state index contributed by atoms with van der Waals surface area (Å²) in [5.41, 5.74) is 1.16. The van der Waals surface area contributed by atoms with Crippen molar-refractivity contribution in [1.29, 1.82) is 0 Å². The molecule has 0 aromatic rings. The zero-order valence-corrected chi connectivity index (χ0v) is 21.7. The lowest BCUT2D eigenvalue weighted by molar-refractivity contribution is -0.214. The highest BCUT2D eigenvalue weighted by Crippen LogP contribution is 2.59. The zero-order valence-electron chi connectivity index (χ0n) is 21.7. The number of aliphatic hydroxyl groups excluding tert-OH is 1. The molecule has 5 rings (SSSR count). The third-order valence-corrected chi connectivity index (χ3v) is 9.71. The summed E-state index contributed by atoms with van der Waals surface area (Å²) in [7, 11) is 0. The van der Waals surface area contributed by atoms with Crippen molar-refractivity contribution < 1.29 is 24.1 Å². The molecule has 0 aromatic carbocycles. The topological polar surface area (TPSA) is 57.2 Å². The molecule has 5 aliphatic rings. The Morgan fingerprint density at radius 1 is 1.03 bits per heavy atom. The summed E-state index contributed by atoms with van der Waals surface area (Å²) in [5.74, 6) is 2.71. The van der Waals surface area contributed by atoms with Gasteiger partial charge in [-0.15, -0.1) is 0 Å². The molecule has 5 unspecified atom stereocenters. The molecule has 196 valence electrons. The Labute approximate surface area is 211 Å². The molecule has 5 nitrogen and oxygen atoms in total. The van der Waals surface area contributed by atoms with Crippen LogP contribution in [0.2, 0.25) is 0 Å². The van der Waals surface area contributed by atoms with E-state index in [0.29, 0.717) is 17.8 Å². The lowest BCUT2D eigenvalue weighted by Gasteiger charge is -2.50. The molecule has 3 aliphatic carbocycles. The van der Waals surface area contributed by atoms with E-state index in [1.165, 1.54) is 25.7 Å². The number of fused-ring (bicyclic) bond motifs is 3. The summed E-state index contributed by atoms with van der Waals surface area (Å²) in [5, 5.41) is 10.4. The van der Waals surface area contributed by atoms with Crippen LogP contribution in [0.5, 0.6) is 0 Å². The van der Waals surface area contributed by atoms with Gasteiger partial charge < -0.3 is 24.1 Å². The van der Waals surface area contributed by atoms with Gasteiger partial charge in [0.15, 0.2) is 12.6 Å². The van der Waals surface area contributed by atoms with Crippen LogP contribution in [0.1, 0.15) is 84.0 Å². The van der Waals surface area contributed by atoms with Gasteiger partial charge in [0.1, 0.15) is 5.76 Å². The highest BCUT2D eigenvalue weighted by atomic mass is 16.7. The summed E-state index contributed by atoms with van der Waals surface area (Å²) in [6.45, 7) is 8.59. The fourth-order valence-corrected chi connectivity index (χ4v) is 7.60. The third kappa shape index (κ3) is 5.74. The molecule has 2 saturated heterocycles. The van der Waals surface area contributed by atoms with Crippen molar-refractivity contribution in [3.05, 3.63) is 36.1 Å². The second-order valence-corrected chi connectivity index (χ2v) is 11.9. The molecule has 5 heteroatoms. The lowest BCUT2D eigenvalue weighted by atomic mass is 9.57. The molecule has 35 heavy (non-hydrogen) atoms. The second kappa shape index (κ2) is 11.5. The predicted octanol–water partition coefficient (Wildman–Crippen LogP) is 6.28. The molecule has 0 spiro atoms. The minimum absolute atomic E-state index is 0.0179. The average Bonchev–Trinajstić information content (AvgIpc) is 3.20. The molecule has 8 atom stereocenters. The Morgan fingerprint density at radius 3 is 2.51 bits per heavy atom. The Hall–Kier alpha value is -1.14. The molecular weight excluding hydrogens is 440 g/mol. The van der Waals surface area contributed by atoms with Gasteiger partial charge in [-0.2, -0.15) is 0 Å². The fraction of sp³-hybridized carbons (Fsp3) is 0.800. The quantitative estimate of drug-likeness (QED) is 0.495. The van der Waals surface area contributed by atoms with Gasteiger partial charge in [-0.05, 0) is 112 Å². The van der Waals surface area contributed by atoms with Crippen LogP contribution in [0, 0.1) is 29.1 Å². The monoisotopic (exact) mass is 486 g/mol. The molecule has 2 aliphatic heterocycles. The summed E-state index contributed by atoms with van der Waals surface area (Å²) < 4.78 is 24.6. The van der Waals surface area contributed by atoms with Gasteiger partial charge in [-0.1, -0.05) is 19.6 Å². The highest BCUT2D eigenvalue weighted by molar-refractivity contribution is 5.27. The van der Waals surface area contributed by atoms with Crippen molar-refractivity contribution >= 4 is 0 Å². The first-order valence-corrected chi connectivity index (χ1v) is 14.3. The molecule has 4 fully saturated rings. The summed E-state index contributed by atoms with van der Waals surface area (Å²) in [6.07, 6.45) is 20.0. The van der Waals surface area contributed by atoms with E-state index in [2.05, 4.69) is 25.7 Å². The van der Waals surface area contributed by atoms with Gasteiger partial charge >= 0.3 is 0 Å². The molecule has 2 heterocycles. The number of aliphatic hydroxyl groups is 1. The highest BCUT2D eigenvalue weighted by Gasteiger charge is 2.55. The Kier molecular flexibility index (Phi) is 8.38. The molecule has 0 amide bonds. The van der Waals surface area contributed by atoms with Gasteiger partial charge in [0.05, 0.1) is 12.7 Å². The average molecular weight is 487 g/mol. The van der Waals surface area contributed by atoms with Crippen molar-refractivity contribution in [2.45, 2.75) is 103 Å². The summed E-state index contributed by atoms with van der Waals surface area (Å²) in [6, 6.07) is 0. The van der Waals surface area contributed by atoms with Crippen molar-refractivity contribution in [3.63, 3.8) is 0 Å². The van der Waals surface area contributed by atoms with Gasteiger partial charge in [0.2, 0.25) is 0 Å². The van der Waals surface area contributed by atoms with E-state index in [1.807, 2.05) is 6.08 Å². The Balaban J connectivity index is 1.30. The van der Waals surface area contributed by atoms with E-state index < -0.39 is 0 Å². The summed E-state index contributed by atoms with van der Waals surface area (Å²) >= 11 is 0. The first-order chi connectivity index (χ1) is 17.1. The lowest BCUT2D eigenvalue weighted by Crippen LogP contribution is -2.46. The van der Waals surface area contributed by atoms with Crippen LogP contribution in [0.3, 0.4) is 0 Å². The van der Waals surface area contributed by atoms with E-state index in [1.54, 1.807) is 0 Å². The Bertz CT molecular complexity index is 778. The van der Waals surface area contributed by atoms with Crippen LogP contribution in [0.15, 0.2) is 36.1 Å². The number of ether oxygens (including phenoxy) is 4. The maximum atomic E-state index is 10.4. The largest absolute Gasteiger partial charge is 0.465 e. The van der Waals surface area contributed by atoms with Crippen molar-refractivity contribution in [1.82, 2.24) is 0 Å². The maximum absolute atomic E-state index is 10.4. The number of hydrogen-bond donors (Lipinski definition) is 1. The van der Waals surface area contributed by atoms with E-state index in [9.17, 15) is 5.11 Å². The van der Waals surface area contributed by atoms with E-state index in [-0.39, 0.29) is 36.6 Å². The normalized spacial score (nSPS) is 45.0. The molecule has 1 N–H and O–H groups in total. The fourth-order valence-electron chi connectivity index (χ4n) is 7.60. The molecule has 0 radical (unpaired) electrons. The van der Waals surface area contributed by atoms with Crippen molar-refractivity contribution in [2.75, 3.05) is 19.8 Å². The second-order valence-electron chi connectivity index (χ2n) is 11.9. The standard InChI is InChI=1S/C30H46O5/c1-21-18-24(34-28-10-3-5-16-32-28)9-7-8-22-14-15-30(2)26(25(22)19-23(21)20-31)12-13-27(30)35-29-11-4-6-17-33-29/h7,9,18,22-23,25-29,31H,1,3-6,8,10-17,19-20H2,2H3/b9-7-,24-18+/t22?,23-,25?,26?,27+,28?,29?,30+/m1/s1. The van der Waals surface area contributed by atoms with Gasteiger partial charge in [0.25, 0.3) is 0 Å². The van der Waals surface area contributed by atoms with Gasteiger partial charge in [-0.25, -0.2) is 0 Å². The Morgan fingerprint density at radius 2 is 1.80 bits per heavy atom. The third-order valence-electron chi connectivity index (χ3n) is 9.71. The van der Waals surface area contributed by atoms with Crippen LogP contribution in [0.4, 0.5) is 0 Å². The van der Waals surface area contributed by atoms with E-state index in [0.717, 1.165) is 75.9 Å². The predicted molar refractivity (Wildman–Crippen MR) is 136 cm³/mol. The van der Waals surface area contributed by atoms with Gasteiger partial charge in [-0.3, -0.25) is 0 Å². The number of hydrogen-bond acceptors (Lipinski definition) is 5. The van der Waals surface area contributed by atoms with Crippen LogP contribution in [-0.4, -0.2) is 43.6 Å². The van der Waals surface area contributed by atoms with E-state index in [4.69, 9.17) is 18.9 Å². The van der Waals surface area contributed by atoms with Crippen LogP contribution in [-0.2, 0) is 18.9 Å². The maximum Gasteiger partial charge on any atom is 0.199 e. The van der Waals surface area contributed by atoms with Crippen molar-refractivity contribution in [2.24, 2.45) is 29.1 Å². The van der Waals surface area contributed by atoms with E-state index >= 15 is 0 Å². The molecule has 0 aromatic heterocycles. The van der Waals surface area contributed by atoms with Crippen molar-refractivity contribution in [3.8, 4) is 0 Å². The molecular formula is C30H46O5. The SMILES string of the molecule is C=C1/C=C(OC2CCCCO2)\C=C/CC2CC[C@@]3(C)C(CC[C@@H]3OC3CCCCO3)C2C[C@@H]1CO. The van der Waals surface area contributed by atoms with Crippen LogP contribution >= 0.6 is 0 Å². The zero-order chi connectivity index (χ0) is 24.3.